The van der Waals surface area contributed by atoms with Gasteiger partial charge in [0.15, 0.2) is 11.5 Å². The number of ether oxygens (including phenoxy) is 3. The predicted molar refractivity (Wildman–Crippen MR) is 165 cm³/mol. The number of imide groups is 2. The summed E-state index contributed by atoms with van der Waals surface area (Å²) >= 11 is 6.92. The largest absolute Gasteiger partial charge is 0.490 e. The Balaban J connectivity index is 1.52. The van der Waals surface area contributed by atoms with Gasteiger partial charge in [-0.15, -0.1) is 0 Å². The van der Waals surface area contributed by atoms with Crippen molar-refractivity contribution in [3.05, 3.63) is 95.9 Å². The number of halogens is 2. The molecule has 4 amide bonds. The van der Waals surface area contributed by atoms with Crippen LogP contribution in [-0.4, -0.2) is 40.9 Å². The number of hydrogen-bond acceptors (Lipinski definition) is 8. The molecule has 1 aliphatic rings. The number of nitrogens with zero attached hydrogens (tertiary/aromatic N) is 2. The number of rotatable bonds is 12. The quantitative estimate of drug-likeness (QED) is 0.0965. The first-order chi connectivity index (χ1) is 20.6. The van der Waals surface area contributed by atoms with Gasteiger partial charge in [0.05, 0.1) is 33.6 Å². The van der Waals surface area contributed by atoms with E-state index in [1.165, 1.54) is 18.2 Å². The molecule has 0 atom stereocenters. The highest BCUT2D eigenvalue weighted by atomic mass is 79.9. The van der Waals surface area contributed by atoms with Crippen LogP contribution in [0.25, 0.3) is 6.08 Å². The van der Waals surface area contributed by atoms with E-state index in [-0.39, 0.29) is 24.4 Å². The number of nitro groups is 1. The highest BCUT2D eigenvalue weighted by molar-refractivity contribution is 9.11. The second-order valence-corrected chi connectivity index (χ2v) is 11.0. The average molecular weight is 717 g/mol. The molecule has 4 rings (SSSR count). The van der Waals surface area contributed by atoms with E-state index in [4.69, 9.17) is 14.2 Å². The molecule has 1 heterocycles. The van der Waals surface area contributed by atoms with E-state index in [2.05, 4.69) is 37.2 Å². The molecule has 0 aliphatic carbocycles. The summed E-state index contributed by atoms with van der Waals surface area (Å²) in [4.78, 5) is 50.1. The molecule has 13 heteroatoms. The number of benzene rings is 3. The lowest BCUT2D eigenvalue weighted by Crippen LogP contribution is -2.53. The van der Waals surface area contributed by atoms with E-state index < -0.39 is 22.8 Å². The van der Waals surface area contributed by atoms with Crippen molar-refractivity contribution in [3.8, 4) is 17.2 Å². The van der Waals surface area contributed by atoms with Crippen LogP contribution in [0.3, 0.4) is 0 Å². The smallest absolute Gasteiger partial charge is 0.331 e. The van der Waals surface area contributed by atoms with E-state index in [1.807, 2.05) is 13.8 Å². The standard InChI is InChI=1S/C30H27Br2N3O8/c1-3-11-42-25-10-7-19(15-26(25)41-4-2)16-34-29(37)22(28(36)33-30(34)38)12-20-13-23(31)27(24(32)14-20)43-17-18-5-8-21(9-6-18)35(39)40/h5-10,12-15H,3-4,11,16-17H2,1-2H3,(H,33,36,38)/b22-12+. The Hall–Kier alpha value is -4.23. The summed E-state index contributed by atoms with van der Waals surface area (Å²) in [6.45, 7) is 4.81. The monoisotopic (exact) mass is 715 g/mol. The maximum atomic E-state index is 13.4. The molecule has 3 aromatic carbocycles. The van der Waals surface area contributed by atoms with Crippen LogP contribution in [0.1, 0.15) is 37.0 Å². The van der Waals surface area contributed by atoms with Crippen LogP contribution < -0.4 is 19.5 Å². The van der Waals surface area contributed by atoms with Gasteiger partial charge >= 0.3 is 6.03 Å². The Kier molecular flexibility index (Phi) is 10.5. The van der Waals surface area contributed by atoms with E-state index in [0.717, 1.165) is 16.9 Å². The topological polar surface area (TPSA) is 137 Å². The molecule has 3 aromatic rings. The summed E-state index contributed by atoms with van der Waals surface area (Å²) in [5.74, 6) is -0.0445. The predicted octanol–water partition coefficient (Wildman–Crippen LogP) is 6.55. The number of carbonyl (C=O) groups excluding carboxylic acids is 3. The number of nitrogens with one attached hydrogen (secondary N) is 1. The third-order valence-corrected chi connectivity index (χ3v) is 7.34. The fourth-order valence-corrected chi connectivity index (χ4v) is 5.56. The lowest BCUT2D eigenvalue weighted by atomic mass is 10.1. The first kappa shape index (κ1) is 31.7. The van der Waals surface area contributed by atoms with E-state index >= 15 is 0 Å². The Bertz CT molecular complexity index is 1570. The molecule has 224 valence electrons. The van der Waals surface area contributed by atoms with Crippen molar-refractivity contribution < 1.29 is 33.5 Å². The number of carbonyl (C=O) groups is 3. The van der Waals surface area contributed by atoms with Gasteiger partial charge in [0.25, 0.3) is 17.5 Å². The molecule has 0 bridgehead atoms. The van der Waals surface area contributed by atoms with Crippen LogP contribution in [0.4, 0.5) is 10.5 Å². The van der Waals surface area contributed by atoms with Gasteiger partial charge in [-0.3, -0.25) is 29.9 Å². The van der Waals surface area contributed by atoms with Gasteiger partial charge in [-0.2, -0.15) is 0 Å². The number of nitro benzene ring substituents is 1. The minimum Gasteiger partial charge on any atom is -0.490 e. The molecule has 0 aromatic heterocycles. The second kappa shape index (κ2) is 14.3. The van der Waals surface area contributed by atoms with Crippen LogP contribution in [-0.2, 0) is 22.7 Å². The molecule has 1 fully saturated rings. The van der Waals surface area contributed by atoms with Crippen molar-refractivity contribution in [1.29, 1.82) is 0 Å². The molecule has 1 saturated heterocycles. The Labute approximate surface area is 264 Å². The van der Waals surface area contributed by atoms with Crippen LogP contribution in [0.5, 0.6) is 17.2 Å². The molecular weight excluding hydrogens is 690 g/mol. The maximum absolute atomic E-state index is 13.4. The average Bonchev–Trinajstić information content (AvgIpc) is 2.97. The SMILES string of the molecule is CCCOc1ccc(CN2C(=O)NC(=O)/C(=C\c3cc(Br)c(OCc4ccc([N+](=O)[O-])cc4)c(Br)c3)C2=O)cc1OCC. The minimum absolute atomic E-state index is 0.0183. The first-order valence-corrected chi connectivity index (χ1v) is 14.8. The van der Waals surface area contributed by atoms with E-state index in [9.17, 15) is 24.5 Å². The van der Waals surface area contributed by atoms with Crippen molar-refractivity contribution in [2.75, 3.05) is 13.2 Å². The number of hydrogen-bond donors (Lipinski definition) is 1. The molecule has 1 aliphatic heterocycles. The summed E-state index contributed by atoms with van der Waals surface area (Å²) < 4.78 is 18.4. The lowest BCUT2D eigenvalue weighted by Gasteiger charge is -2.26. The number of urea groups is 1. The lowest BCUT2D eigenvalue weighted by molar-refractivity contribution is -0.384. The summed E-state index contributed by atoms with van der Waals surface area (Å²) in [7, 11) is 0. The normalized spacial score (nSPS) is 14.1. The first-order valence-electron chi connectivity index (χ1n) is 13.2. The highest BCUT2D eigenvalue weighted by Crippen LogP contribution is 2.36. The van der Waals surface area contributed by atoms with Gasteiger partial charge < -0.3 is 14.2 Å². The molecule has 0 radical (unpaired) electrons. The molecule has 0 saturated carbocycles. The fraction of sp³-hybridized carbons (Fsp3) is 0.233. The highest BCUT2D eigenvalue weighted by Gasteiger charge is 2.36. The van der Waals surface area contributed by atoms with E-state index in [1.54, 1.807) is 42.5 Å². The number of barbiturate groups is 1. The Morgan fingerprint density at radius 2 is 1.58 bits per heavy atom. The van der Waals surface area contributed by atoms with Crippen LogP contribution >= 0.6 is 31.9 Å². The molecule has 11 nitrogen and oxygen atoms in total. The van der Waals surface area contributed by atoms with Gasteiger partial charge in [-0.25, -0.2) is 4.79 Å². The zero-order valence-electron chi connectivity index (χ0n) is 23.2. The fourth-order valence-electron chi connectivity index (χ4n) is 4.11. The van der Waals surface area contributed by atoms with Gasteiger partial charge in [0, 0.05) is 12.1 Å². The third-order valence-electron chi connectivity index (χ3n) is 6.16. The van der Waals surface area contributed by atoms with Crippen LogP contribution in [0.2, 0.25) is 0 Å². The Morgan fingerprint density at radius 3 is 2.21 bits per heavy atom. The second-order valence-electron chi connectivity index (χ2n) is 9.30. The van der Waals surface area contributed by atoms with Crippen molar-refractivity contribution >= 4 is 61.5 Å². The summed E-state index contributed by atoms with van der Waals surface area (Å²) in [6, 6.07) is 13.7. The molecule has 0 spiro atoms. The van der Waals surface area contributed by atoms with E-state index in [0.29, 0.717) is 50.5 Å². The van der Waals surface area contributed by atoms with Crippen molar-refractivity contribution in [1.82, 2.24) is 10.2 Å². The van der Waals surface area contributed by atoms with Gasteiger partial charge in [-0.1, -0.05) is 13.0 Å². The zero-order chi connectivity index (χ0) is 31.1. The molecule has 0 unspecified atom stereocenters. The summed E-state index contributed by atoms with van der Waals surface area (Å²) in [5.41, 5.74) is 1.59. The molecule has 43 heavy (non-hydrogen) atoms. The summed E-state index contributed by atoms with van der Waals surface area (Å²) in [6.07, 6.45) is 2.21. The maximum Gasteiger partial charge on any atom is 0.331 e. The van der Waals surface area contributed by atoms with Crippen LogP contribution in [0, 0.1) is 10.1 Å². The number of amides is 4. The van der Waals surface area contributed by atoms with Gasteiger partial charge in [0.1, 0.15) is 17.9 Å². The molecular formula is C30H27Br2N3O8. The zero-order valence-corrected chi connectivity index (χ0v) is 26.4. The third kappa shape index (κ3) is 7.79. The van der Waals surface area contributed by atoms with Crippen LogP contribution in [0.15, 0.2) is 69.1 Å². The molecule has 1 N–H and O–H groups in total. The van der Waals surface area contributed by atoms with Crippen molar-refractivity contribution in [2.24, 2.45) is 0 Å². The summed E-state index contributed by atoms with van der Waals surface area (Å²) in [5, 5.41) is 13.1. The minimum atomic E-state index is -0.825. The Morgan fingerprint density at radius 1 is 0.907 bits per heavy atom. The van der Waals surface area contributed by atoms with Crippen molar-refractivity contribution in [2.45, 2.75) is 33.4 Å². The van der Waals surface area contributed by atoms with Gasteiger partial charge in [-0.05, 0) is 104 Å². The van der Waals surface area contributed by atoms with Crippen molar-refractivity contribution in [3.63, 3.8) is 0 Å². The van der Waals surface area contributed by atoms with Gasteiger partial charge in [0.2, 0.25) is 0 Å². The number of non-ortho nitro benzene ring substituents is 1.